The van der Waals surface area contributed by atoms with Crippen molar-refractivity contribution in [2.24, 2.45) is 5.92 Å². The Bertz CT molecular complexity index is 678. The zero-order valence-electron chi connectivity index (χ0n) is 13.9. The molecule has 2 aromatic heterocycles. The lowest BCUT2D eigenvalue weighted by molar-refractivity contribution is -0.132. The molecule has 0 spiro atoms. The van der Waals surface area contributed by atoms with Gasteiger partial charge in [0.15, 0.2) is 0 Å². The molecule has 126 valence electrons. The van der Waals surface area contributed by atoms with E-state index in [4.69, 9.17) is 0 Å². The first-order valence-electron chi connectivity index (χ1n) is 8.36. The molecule has 24 heavy (non-hydrogen) atoms. The van der Waals surface area contributed by atoms with Crippen LogP contribution in [0.3, 0.4) is 0 Å². The van der Waals surface area contributed by atoms with Crippen LogP contribution in [0.25, 0.3) is 0 Å². The summed E-state index contributed by atoms with van der Waals surface area (Å²) < 4.78 is 0. The van der Waals surface area contributed by atoms with Gasteiger partial charge in [0.05, 0.1) is 6.20 Å². The minimum Gasteiger partial charge on any atom is -0.342 e. The molecule has 1 aliphatic heterocycles. The molecule has 0 aromatic carbocycles. The number of hydrogen-bond donors (Lipinski definition) is 1. The number of anilines is 2. The molecule has 1 amide bonds. The topological polar surface area (TPSA) is 83.9 Å². The average Bonchev–Trinajstić information content (AvgIpc) is 2.62. The number of nitrogens with one attached hydrogen (secondary N) is 1. The van der Waals surface area contributed by atoms with Crippen molar-refractivity contribution >= 4 is 17.5 Å². The highest BCUT2D eigenvalue weighted by atomic mass is 16.2. The minimum atomic E-state index is 0.243. The van der Waals surface area contributed by atoms with Crippen LogP contribution in [0.15, 0.2) is 31.0 Å². The maximum atomic E-state index is 11.9. The van der Waals surface area contributed by atoms with Gasteiger partial charge in [-0.25, -0.2) is 15.0 Å². The van der Waals surface area contributed by atoms with E-state index >= 15 is 0 Å². The molecule has 0 radical (unpaired) electrons. The number of aromatic nitrogens is 4. The third kappa shape index (κ3) is 4.24. The van der Waals surface area contributed by atoms with Crippen molar-refractivity contribution in [3.05, 3.63) is 36.7 Å². The number of hydrogen-bond acceptors (Lipinski definition) is 6. The molecule has 2 aromatic rings. The zero-order valence-corrected chi connectivity index (χ0v) is 13.9. The molecule has 1 atom stereocenters. The molecule has 3 rings (SSSR count). The van der Waals surface area contributed by atoms with Gasteiger partial charge in [0.25, 0.3) is 0 Å². The van der Waals surface area contributed by atoms with Crippen LogP contribution in [0.1, 0.15) is 31.9 Å². The van der Waals surface area contributed by atoms with E-state index in [1.165, 1.54) is 0 Å². The summed E-state index contributed by atoms with van der Waals surface area (Å²) in [5.74, 6) is 2.05. The lowest BCUT2D eigenvalue weighted by atomic mass is 9.93. The second-order valence-corrected chi connectivity index (χ2v) is 6.02. The number of amides is 1. The third-order valence-corrected chi connectivity index (χ3v) is 4.21. The lowest BCUT2D eigenvalue weighted by Crippen LogP contribution is -2.40. The Kier molecular flexibility index (Phi) is 5.30. The van der Waals surface area contributed by atoms with Gasteiger partial charge in [-0.3, -0.25) is 9.78 Å². The van der Waals surface area contributed by atoms with E-state index in [0.29, 0.717) is 24.0 Å². The summed E-state index contributed by atoms with van der Waals surface area (Å²) in [6.45, 7) is 3.62. The molecular formula is C17H22N6O. The zero-order chi connectivity index (χ0) is 16.8. The number of rotatable bonds is 5. The van der Waals surface area contributed by atoms with Crippen LogP contribution in [0.2, 0.25) is 0 Å². The number of carbonyl (C=O) groups is 1. The maximum absolute atomic E-state index is 11.9. The number of piperidine rings is 1. The van der Waals surface area contributed by atoms with Crippen LogP contribution in [-0.4, -0.2) is 43.8 Å². The standard InChI is InChI=1S/C17H22N6O/c1-2-17(24)23-7-3-4-13(11-23)8-14-9-15(21-12-20-14)22-16-10-18-5-6-19-16/h5-6,9-10,12-13H,2-4,7-8,11H2,1H3,(H,19,20,21,22)/t13-/m1/s1. The molecule has 1 aliphatic rings. The van der Waals surface area contributed by atoms with Crippen molar-refractivity contribution in [1.82, 2.24) is 24.8 Å². The van der Waals surface area contributed by atoms with Crippen molar-refractivity contribution < 1.29 is 4.79 Å². The molecule has 3 heterocycles. The minimum absolute atomic E-state index is 0.243. The lowest BCUT2D eigenvalue weighted by Gasteiger charge is -2.32. The quantitative estimate of drug-likeness (QED) is 0.907. The highest BCUT2D eigenvalue weighted by molar-refractivity contribution is 5.75. The fourth-order valence-corrected chi connectivity index (χ4v) is 3.05. The van der Waals surface area contributed by atoms with Gasteiger partial charge < -0.3 is 10.2 Å². The van der Waals surface area contributed by atoms with Crippen molar-refractivity contribution in [3.8, 4) is 0 Å². The van der Waals surface area contributed by atoms with Crippen LogP contribution < -0.4 is 5.32 Å². The molecule has 0 saturated carbocycles. The Balaban J connectivity index is 1.63. The molecule has 0 aliphatic carbocycles. The molecule has 1 fully saturated rings. The second-order valence-electron chi connectivity index (χ2n) is 6.02. The highest BCUT2D eigenvalue weighted by Crippen LogP contribution is 2.21. The summed E-state index contributed by atoms with van der Waals surface area (Å²) in [6.07, 6.45) is 10.1. The van der Waals surface area contributed by atoms with Crippen LogP contribution in [0, 0.1) is 5.92 Å². The van der Waals surface area contributed by atoms with Gasteiger partial charge in [0.1, 0.15) is 18.0 Å². The van der Waals surface area contributed by atoms with Gasteiger partial charge >= 0.3 is 0 Å². The Morgan fingerprint density at radius 2 is 2.21 bits per heavy atom. The maximum Gasteiger partial charge on any atom is 0.222 e. The monoisotopic (exact) mass is 326 g/mol. The summed E-state index contributed by atoms with van der Waals surface area (Å²) in [5, 5.41) is 3.13. The number of nitrogens with zero attached hydrogens (tertiary/aromatic N) is 5. The van der Waals surface area contributed by atoms with Crippen LogP contribution >= 0.6 is 0 Å². The van der Waals surface area contributed by atoms with E-state index in [1.807, 2.05) is 17.9 Å². The first-order valence-corrected chi connectivity index (χ1v) is 8.36. The number of likely N-dealkylation sites (tertiary alicyclic amines) is 1. The normalized spacial score (nSPS) is 17.5. The third-order valence-electron chi connectivity index (χ3n) is 4.21. The van der Waals surface area contributed by atoms with Gasteiger partial charge in [-0.05, 0) is 25.2 Å². The second kappa shape index (κ2) is 7.81. The van der Waals surface area contributed by atoms with E-state index in [2.05, 4.69) is 25.3 Å². The SMILES string of the molecule is CCC(=O)N1CCC[C@H](Cc2cc(Nc3cnccn3)ncn2)C1. The first kappa shape index (κ1) is 16.3. The molecule has 7 heteroatoms. The fraction of sp³-hybridized carbons (Fsp3) is 0.471. The van der Waals surface area contributed by atoms with Crippen molar-refractivity contribution in [3.63, 3.8) is 0 Å². The summed E-state index contributed by atoms with van der Waals surface area (Å²) >= 11 is 0. The molecule has 1 N–H and O–H groups in total. The summed E-state index contributed by atoms with van der Waals surface area (Å²) in [7, 11) is 0. The Hall–Kier alpha value is -2.57. The predicted octanol–water partition coefficient (Wildman–Crippen LogP) is 2.20. The number of carbonyl (C=O) groups excluding carboxylic acids is 1. The van der Waals surface area contributed by atoms with E-state index in [-0.39, 0.29) is 5.91 Å². The fourth-order valence-electron chi connectivity index (χ4n) is 3.05. The van der Waals surface area contributed by atoms with Gasteiger partial charge in [0.2, 0.25) is 5.91 Å². The predicted molar refractivity (Wildman–Crippen MR) is 90.6 cm³/mol. The van der Waals surface area contributed by atoms with Gasteiger partial charge in [-0.2, -0.15) is 0 Å². The Labute approximate surface area is 141 Å². The van der Waals surface area contributed by atoms with Crippen molar-refractivity contribution in [2.45, 2.75) is 32.6 Å². The summed E-state index contributed by atoms with van der Waals surface area (Å²) in [6, 6.07) is 1.94. The molecule has 1 saturated heterocycles. The van der Waals surface area contributed by atoms with Crippen LogP contribution in [0.4, 0.5) is 11.6 Å². The highest BCUT2D eigenvalue weighted by Gasteiger charge is 2.23. The molecular weight excluding hydrogens is 304 g/mol. The van der Waals surface area contributed by atoms with Crippen molar-refractivity contribution in [2.75, 3.05) is 18.4 Å². The molecule has 0 bridgehead atoms. The molecule has 0 unspecified atom stereocenters. The van der Waals surface area contributed by atoms with E-state index in [0.717, 1.165) is 38.0 Å². The van der Waals surface area contributed by atoms with Crippen molar-refractivity contribution in [1.29, 1.82) is 0 Å². The van der Waals surface area contributed by atoms with Crippen LogP contribution in [-0.2, 0) is 11.2 Å². The van der Waals surface area contributed by atoms with E-state index < -0.39 is 0 Å². The Morgan fingerprint density at radius 1 is 1.29 bits per heavy atom. The van der Waals surface area contributed by atoms with Gasteiger partial charge in [-0.15, -0.1) is 0 Å². The van der Waals surface area contributed by atoms with Crippen LogP contribution in [0.5, 0.6) is 0 Å². The van der Waals surface area contributed by atoms with E-state index in [1.54, 1.807) is 24.9 Å². The molecule has 7 nitrogen and oxygen atoms in total. The first-order chi connectivity index (χ1) is 11.7. The van der Waals surface area contributed by atoms with E-state index in [9.17, 15) is 4.79 Å². The summed E-state index contributed by atoms with van der Waals surface area (Å²) in [4.78, 5) is 30.7. The smallest absolute Gasteiger partial charge is 0.222 e. The van der Waals surface area contributed by atoms with Gasteiger partial charge in [0, 0.05) is 43.7 Å². The average molecular weight is 326 g/mol. The summed E-state index contributed by atoms with van der Waals surface area (Å²) in [5.41, 5.74) is 0.979. The Morgan fingerprint density at radius 3 is 3.00 bits per heavy atom. The van der Waals surface area contributed by atoms with Gasteiger partial charge in [-0.1, -0.05) is 6.92 Å². The largest absolute Gasteiger partial charge is 0.342 e.